The van der Waals surface area contributed by atoms with Crippen molar-refractivity contribution in [1.82, 2.24) is 0 Å². The molecule has 5 nitrogen and oxygen atoms in total. The van der Waals surface area contributed by atoms with Crippen LogP contribution in [0.3, 0.4) is 0 Å². The average molecular weight is 439 g/mol. The Bertz CT molecular complexity index is 663. The molecule has 2 aliphatic carbocycles. The van der Waals surface area contributed by atoms with Gasteiger partial charge in [-0.2, -0.15) is 0 Å². The van der Waals surface area contributed by atoms with Gasteiger partial charge in [0.2, 0.25) is 0 Å². The minimum Gasteiger partial charge on any atom is -0.393 e. The van der Waals surface area contributed by atoms with Crippen molar-refractivity contribution >= 4 is 12.0 Å². The van der Waals surface area contributed by atoms with Crippen molar-refractivity contribution in [1.29, 1.82) is 0 Å². The zero-order valence-electron chi connectivity index (χ0n) is 18.7. The number of hydrogen-bond acceptors (Lipinski definition) is 6. The molecular formula is C24H38O5S. The van der Waals surface area contributed by atoms with Gasteiger partial charge in [0.25, 0.3) is 0 Å². The van der Waals surface area contributed by atoms with E-state index in [0.717, 1.165) is 32.1 Å². The van der Waals surface area contributed by atoms with Crippen LogP contribution >= 0.6 is 12.0 Å². The third-order valence-corrected chi connectivity index (χ3v) is 8.71. The van der Waals surface area contributed by atoms with Gasteiger partial charge in [-0.25, -0.2) is 0 Å². The SMILES string of the molecule is CC(C(CC(O)C(C)(C)O)SOOc1ccccc1)C1CCC2C(O)CCCC21C. The Morgan fingerprint density at radius 1 is 1.20 bits per heavy atom. The van der Waals surface area contributed by atoms with Crippen LogP contribution in [0.15, 0.2) is 30.3 Å². The van der Waals surface area contributed by atoms with Gasteiger partial charge in [0.05, 0.1) is 17.8 Å². The third kappa shape index (κ3) is 5.33. The molecule has 7 unspecified atom stereocenters. The fourth-order valence-electron chi connectivity index (χ4n) is 5.75. The molecule has 0 radical (unpaired) electrons. The first-order valence-electron chi connectivity index (χ1n) is 11.3. The molecule has 2 aliphatic rings. The molecule has 0 aliphatic heterocycles. The van der Waals surface area contributed by atoms with Crippen LogP contribution in [-0.2, 0) is 4.33 Å². The Balaban J connectivity index is 1.71. The van der Waals surface area contributed by atoms with Crippen LogP contribution in [-0.4, -0.2) is 38.4 Å². The quantitative estimate of drug-likeness (QED) is 0.293. The smallest absolute Gasteiger partial charge is 0.166 e. The van der Waals surface area contributed by atoms with Crippen molar-refractivity contribution in [2.24, 2.45) is 23.2 Å². The molecule has 7 atom stereocenters. The van der Waals surface area contributed by atoms with E-state index in [-0.39, 0.29) is 22.7 Å². The van der Waals surface area contributed by atoms with E-state index in [2.05, 4.69) is 13.8 Å². The lowest BCUT2D eigenvalue weighted by Gasteiger charge is -2.46. The minimum absolute atomic E-state index is 0.0465. The molecule has 3 rings (SSSR count). The highest BCUT2D eigenvalue weighted by Gasteiger charge is 2.53. The normalized spacial score (nSPS) is 32.3. The van der Waals surface area contributed by atoms with E-state index in [0.29, 0.717) is 24.0 Å². The Kier molecular flexibility index (Phi) is 7.78. The predicted octanol–water partition coefficient (Wildman–Crippen LogP) is 4.75. The van der Waals surface area contributed by atoms with E-state index < -0.39 is 11.7 Å². The number of fused-ring (bicyclic) bond motifs is 1. The van der Waals surface area contributed by atoms with Crippen molar-refractivity contribution in [3.63, 3.8) is 0 Å². The van der Waals surface area contributed by atoms with Gasteiger partial charge in [0.15, 0.2) is 5.75 Å². The molecule has 0 bridgehead atoms. The number of aliphatic hydroxyl groups excluding tert-OH is 2. The van der Waals surface area contributed by atoms with Crippen molar-refractivity contribution in [2.75, 3.05) is 0 Å². The molecule has 0 heterocycles. The Hall–Kier alpha value is -0.790. The van der Waals surface area contributed by atoms with E-state index in [1.807, 2.05) is 30.3 Å². The van der Waals surface area contributed by atoms with Gasteiger partial charge >= 0.3 is 0 Å². The fourth-order valence-corrected chi connectivity index (χ4v) is 6.59. The molecule has 6 heteroatoms. The van der Waals surface area contributed by atoms with Crippen molar-refractivity contribution in [2.45, 2.75) is 89.3 Å². The highest BCUT2D eigenvalue weighted by Crippen LogP contribution is 2.59. The number of rotatable bonds is 9. The van der Waals surface area contributed by atoms with Crippen molar-refractivity contribution < 1.29 is 24.5 Å². The lowest BCUT2D eigenvalue weighted by Crippen LogP contribution is -2.44. The van der Waals surface area contributed by atoms with Crippen molar-refractivity contribution in [3.05, 3.63) is 30.3 Å². The predicted molar refractivity (Wildman–Crippen MR) is 120 cm³/mol. The van der Waals surface area contributed by atoms with Gasteiger partial charge in [-0.3, -0.25) is 0 Å². The number of para-hydroxylation sites is 1. The summed E-state index contributed by atoms with van der Waals surface area (Å²) in [5.74, 6) is 1.66. The van der Waals surface area contributed by atoms with Crippen LogP contribution in [0.25, 0.3) is 0 Å². The van der Waals surface area contributed by atoms with Gasteiger partial charge in [-0.05, 0) is 81.3 Å². The second kappa shape index (κ2) is 9.78. The second-order valence-electron chi connectivity index (χ2n) is 10.1. The zero-order valence-corrected chi connectivity index (χ0v) is 19.5. The standard InChI is InChI=1S/C24H38O5S/c1-16(18-12-13-19-20(25)11-8-14-24(18,19)4)21(15-22(26)23(2,3)27)30-29-28-17-9-6-5-7-10-17/h5-7,9-10,16,18-22,25-27H,8,11-15H2,1-4H3. The average Bonchev–Trinajstić information content (AvgIpc) is 3.05. The molecule has 1 aromatic carbocycles. The molecule has 30 heavy (non-hydrogen) atoms. The highest BCUT2D eigenvalue weighted by molar-refractivity contribution is 7.95. The van der Waals surface area contributed by atoms with Crippen LogP contribution in [0.1, 0.15) is 66.2 Å². The summed E-state index contributed by atoms with van der Waals surface area (Å²) in [5.41, 5.74) is -1.07. The molecule has 2 saturated carbocycles. The van der Waals surface area contributed by atoms with E-state index in [9.17, 15) is 15.3 Å². The Morgan fingerprint density at radius 2 is 1.90 bits per heavy atom. The van der Waals surface area contributed by atoms with Gasteiger partial charge < -0.3 is 20.2 Å². The maximum Gasteiger partial charge on any atom is 0.166 e. The van der Waals surface area contributed by atoms with E-state index in [1.54, 1.807) is 13.8 Å². The fraction of sp³-hybridized carbons (Fsp3) is 0.750. The van der Waals surface area contributed by atoms with Crippen LogP contribution in [0, 0.1) is 23.2 Å². The molecule has 0 amide bonds. The van der Waals surface area contributed by atoms with Gasteiger partial charge in [-0.15, -0.1) is 4.33 Å². The third-order valence-electron chi connectivity index (χ3n) is 7.69. The van der Waals surface area contributed by atoms with Gasteiger partial charge in [0.1, 0.15) is 0 Å². The van der Waals surface area contributed by atoms with E-state index in [1.165, 1.54) is 12.0 Å². The molecule has 0 spiro atoms. The number of hydrogen-bond donors (Lipinski definition) is 3. The topological polar surface area (TPSA) is 79.2 Å². The van der Waals surface area contributed by atoms with Gasteiger partial charge in [-0.1, -0.05) is 38.5 Å². The first-order valence-corrected chi connectivity index (χ1v) is 12.1. The van der Waals surface area contributed by atoms with E-state index in [4.69, 9.17) is 9.22 Å². The Labute approximate surface area is 185 Å². The molecule has 0 saturated heterocycles. The maximum absolute atomic E-state index is 10.6. The van der Waals surface area contributed by atoms with Gasteiger partial charge in [0, 0.05) is 17.3 Å². The lowest BCUT2D eigenvalue weighted by molar-refractivity contribution is -0.0828. The summed E-state index contributed by atoms with van der Waals surface area (Å²) in [4.78, 5) is 5.44. The molecular weight excluding hydrogens is 400 g/mol. The summed E-state index contributed by atoms with van der Waals surface area (Å²) in [5, 5.41) is 31.4. The number of benzene rings is 1. The first-order chi connectivity index (χ1) is 14.1. The summed E-state index contributed by atoms with van der Waals surface area (Å²) >= 11 is 1.24. The van der Waals surface area contributed by atoms with Crippen LogP contribution < -0.4 is 4.89 Å². The maximum atomic E-state index is 10.6. The highest BCUT2D eigenvalue weighted by atomic mass is 32.2. The summed E-state index contributed by atoms with van der Waals surface area (Å²) in [6.07, 6.45) is 4.59. The van der Waals surface area contributed by atoms with E-state index >= 15 is 0 Å². The zero-order chi connectivity index (χ0) is 21.9. The summed E-state index contributed by atoms with van der Waals surface area (Å²) in [6.45, 7) is 7.83. The monoisotopic (exact) mass is 438 g/mol. The largest absolute Gasteiger partial charge is 0.393 e. The summed E-state index contributed by atoms with van der Waals surface area (Å²) in [7, 11) is 0. The molecule has 2 fully saturated rings. The summed E-state index contributed by atoms with van der Waals surface area (Å²) < 4.78 is 5.54. The second-order valence-corrected chi connectivity index (χ2v) is 11.1. The van der Waals surface area contributed by atoms with Crippen molar-refractivity contribution in [3.8, 4) is 5.75 Å². The lowest BCUT2D eigenvalue weighted by atomic mass is 9.61. The molecule has 3 N–H and O–H groups in total. The van der Waals surface area contributed by atoms with Crippen LogP contribution in [0.5, 0.6) is 5.75 Å². The molecule has 170 valence electrons. The minimum atomic E-state index is -1.18. The Morgan fingerprint density at radius 3 is 2.57 bits per heavy atom. The molecule has 1 aromatic rings. The molecule has 0 aromatic heterocycles. The summed E-state index contributed by atoms with van der Waals surface area (Å²) in [6, 6.07) is 9.35. The van der Waals surface area contributed by atoms with Crippen LogP contribution in [0.2, 0.25) is 0 Å². The number of aliphatic hydroxyl groups is 3. The van der Waals surface area contributed by atoms with Crippen LogP contribution in [0.4, 0.5) is 0 Å². The first kappa shape index (κ1) is 23.9.